The molecule has 1 fully saturated rings. The maximum atomic E-state index is 6.00. The van der Waals surface area contributed by atoms with Crippen LogP contribution in [0.4, 0.5) is 0 Å². The fourth-order valence-corrected chi connectivity index (χ4v) is 2.76. The van der Waals surface area contributed by atoms with Crippen molar-refractivity contribution in [3.05, 3.63) is 30.1 Å². The Morgan fingerprint density at radius 1 is 1.45 bits per heavy atom. The molecular formula is C17H28N2O. The van der Waals surface area contributed by atoms with Gasteiger partial charge in [0.15, 0.2) is 0 Å². The largest absolute Gasteiger partial charge is 0.377 e. The normalized spacial score (nSPS) is 24.6. The number of hydrogen-bond donors (Lipinski definition) is 1. The summed E-state index contributed by atoms with van der Waals surface area (Å²) in [4.78, 5) is 4.15. The first-order valence-electron chi connectivity index (χ1n) is 7.74. The maximum absolute atomic E-state index is 6.00. The van der Waals surface area contributed by atoms with E-state index >= 15 is 0 Å². The highest BCUT2D eigenvalue weighted by atomic mass is 16.5. The molecule has 1 aromatic heterocycles. The highest BCUT2D eigenvalue weighted by Gasteiger charge is 2.48. The molecule has 1 aromatic rings. The van der Waals surface area contributed by atoms with E-state index in [-0.39, 0.29) is 5.41 Å². The Bertz CT molecular complexity index is 403. The molecule has 2 atom stereocenters. The zero-order chi connectivity index (χ0) is 14.6. The van der Waals surface area contributed by atoms with E-state index < -0.39 is 0 Å². The third-order valence-electron chi connectivity index (χ3n) is 4.34. The van der Waals surface area contributed by atoms with Crippen LogP contribution in [0, 0.1) is 11.3 Å². The molecule has 20 heavy (non-hydrogen) atoms. The van der Waals surface area contributed by atoms with Gasteiger partial charge in [-0.25, -0.2) is 0 Å². The Labute approximate surface area is 123 Å². The molecule has 0 aliphatic heterocycles. The summed E-state index contributed by atoms with van der Waals surface area (Å²) in [7, 11) is 0. The summed E-state index contributed by atoms with van der Waals surface area (Å²) in [6.07, 6.45) is 6.34. The van der Waals surface area contributed by atoms with Gasteiger partial charge >= 0.3 is 0 Å². The molecule has 0 radical (unpaired) electrons. The second kappa shape index (κ2) is 6.68. The van der Waals surface area contributed by atoms with Crippen molar-refractivity contribution in [1.29, 1.82) is 0 Å². The number of nitrogens with one attached hydrogen (secondary N) is 1. The first kappa shape index (κ1) is 15.5. The fraction of sp³-hybridized carbons (Fsp3) is 0.706. The van der Waals surface area contributed by atoms with Gasteiger partial charge in [0, 0.05) is 30.5 Å². The number of ether oxygens (including phenoxy) is 1. The minimum atomic E-state index is 0.240. The molecule has 112 valence electrons. The second-order valence-electron chi connectivity index (χ2n) is 6.89. The van der Waals surface area contributed by atoms with Crippen molar-refractivity contribution in [2.24, 2.45) is 11.3 Å². The van der Waals surface area contributed by atoms with Crippen molar-refractivity contribution in [2.45, 2.75) is 52.7 Å². The Morgan fingerprint density at radius 2 is 2.25 bits per heavy atom. The highest BCUT2D eigenvalue weighted by Crippen LogP contribution is 2.42. The Hall–Kier alpha value is -0.930. The zero-order valence-electron chi connectivity index (χ0n) is 13.2. The molecule has 0 aromatic carbocycles. The second-order valence-corrected chi connectivity index (χ2v) is 6.89. The predicted molar refractivity (Wildman–Crippen MR) is 82.7 cm³/mol. The Kier molecular flexibility index (Phi) is 5.17. The van der Waals surface area contributed by atoms with Crippen LogP contribution in [-0.2, 0) is 11.2 Å². The lowest BCUT2D eigenvalue weighted by Crippen LogP contribution is -2.61. The summed E-state index contributed by atoms with van der Waals surface area (Å²) >= 11 is 0. The zero-order valence-corrected chi connectivity index (χ0v) is 13.2. The molecule has 1 saturated carbocycles. The molecule has 2 rings (SSSR count). The van der Waals surface area contributed by atoms with Crippen molar-refractivity contribution in [1.82, 2.24) is 10.3 Å². The first-order chi connectivity index (χ1) is 9.50. The lowest BCUT2D eigenvalue weighted by molar-refractivity contribution is -0.123. The van der Waals surface area contributed by atoms with E-state index in [1.54, 1.807) is 0 Å². The van der Waals surface area contributed by atoms with Crippen LogP contribution in [0.25, 0.3) is 0 Å². The quantitative estimate of drug-likeness (QED) is 0.831. The molecule has 1 aliphatic carbocycles. The Morgan fingerprint density at radius 3 is 2.85 bits per heavy atom. The molecule has 1 N–H and O–H groups in total. The minimum absolute atomic E-state index is 0.240. The van der Waals surface area contributed by atoms with Crippen molar-refractivity contribution >= 4 is 0 Å². The van der Waals surface area contributed by atoms with Crippen molar-refractivity contribution in [3.8, 4) is 0 Å². The van der Waals surface area contributed by atoms with Gasteiger partial charge in [-0.3, -0.25) is 4.98 Å². The van der Waals surface area contributed by atoms with Gasteiger partial charge in [-0.2, -0.15) is 0 Å². The highest BCUT2D eigenvalue weighted by molar-refractivity contribution is 5.09. The summed E-state index contributed by atoms with van der Waals surface area (Å²) in [5, 5.41) is 3.67. The van der Waals surface area contributed by atoms with Gasteiger partial charge in [-0.05, 0) is 36.9 Å². The van der Waals surface area contributed by atoms with Crippen LogP contribution in [0.3, 0.4) is 0 Å². The fourth-order valence-electron chi connectivity index (χ4n) is 2.76. The smallest absolute Gasteiger partial charge is 0.0656 e. The summed E-state index contributed by atoms with van der Waals surface area (Å²) < 4.78 is 6.00. The van der Waals surface area contributed by atoms with E-state index in [9.17, 15) is 0 Å². The lowest BCUT2D eigenvalue weighted by Gasteiger charge is -2.52. The van der Waals surface area contributed by atoms with Crippen LogP contribution in [0.2, 0.25) is 0 Å². The molecule has 0 amide bonds. The van der Waals surface area contributed by atoms with Gasteiger partial charge in [0.05, 0.1) is 6.10 Å². The molecule has 0 bridgehead atoms. The Balaban J connectivity index is 1.70. The van der Waals surface area contributed by atoms with Gasteiger partial charge in [0.2, 0.25) is 0 Å². The molecule has 1 aliphatic rings. The average Bonchev–Trinajstić information content (AvgIpc) is 2.42. The summed E-state index contributed by atoms with van der Waals surface area (Å²) in [6.45, 7) is 10.9. The summed E-state index contributed by atoms with van der Waals surface area (Å²) in [5.74, 6) is 0.614. The summed E-state index contributed by atoms with van der Waals surface area (Å²) in [5.41, 5.74) is 1.54. The van der Waals surface area contributed by atoms with Gasteiger partial charge in [-0.1, -0.05) is 33.8 Å². The molecule has 0 saturated heterocycles. The van der Waals surface area contributed by atoms with Crippen LogP contribution in [-0.4, -0.2) is 30.3 Å². The van der Waals surface area contributed by atoms with Crippen molar-refractivity contribution in [3.63, 3.8) is 0 Å². The SMILES string of the molecule is CC(C)COC1CC(NCCc2cccnc2)C1(C)C. The number of pyridine rings is 1. The molecule has 0 spiro atoms. The number of rotatable bonds is 7. The standard InChI is InChI=1S/C17H28N2O/c1-13(2)12-20-16-10-15(17(16,3)4)19-9-7-14-6-5-8-18-11-14/h5-6,8,11,13,15-16,19H,7,9-10,12H2,1-4H3. The van der Waals surface area contributed by atoms with Gasteiger partial charge in [0.25, 0.3) is 0 Å². The van der Waals surface area contributed by atoms with E-state index in [4.69, 9.17) is 4.74 Å². The monoisotopic (exact) mass is 276 g/mol. The minimum Gasteiger partial charge on any atom is -0.377 e. The van der Waals surface area contributed by atoms with Crippen LogP contribution in [0.1, 0.15) is 39.7 Å². The molecule has 3 heteroatoms. The lowest BCUT2D eigenvalue weighted by atomic mass is 9.64. The average molecular weight is 276 g/mol. The van der Waals surface area contributed by atoms with Crippen LogP contribution < -0.4 is 5.32 Å². The molecule has 2 unspecified atom stereocenters. The topological polar surface area (TPSA) is 34.1 Å². The third kappa shape index (κ3) is 3.80. The van der Waals surface area contributed by atoms with Gasteiger partial charge in [-0.15, -0.1) is 0 Å². The van der Waals surface area contributed by atoms with E-state index in [1.807, 2.05) is 18.5 Å². The van der Waals surface area contributed by atoms with E-state index in [0.29, 0.717) is 18.1 Å². The van der Waals surface area contributed by atoms with Crippen LogP contribution >= 0.6 is 0 Å². The molecular weight excluding hydrogens is 248 g/mol. The van der Waals surface area contributed by atoms with Gasteiger partial charge in [0.1, 0.15) is 0 Å². The number of nitrogens with zero attached hydrogens (tertiary/aromatic N) is 1. The van der Waals surface area contributed by atoms with Gasteiger partial charge < -0.3 is 10.1 Å². The van der Waals surface area contributed by atoms with E-state index in [0.717, 1.165) is 26.0 Å². The molecule has 3 nitrogen and oxygen atoms in total. The van der Waals surface area contributed by atoms with Crippen molar-refractivity contribution < 1.29 is 4.74 Å². The van der Waals surface area contributed by atoms with Crippen LogP contribution in [0.5, 0.6) is 0 Å². The first-order valence-corrected chi connectivity index (χ1v) is 7.74. The predicted octanol–water partition coefficient (Wildman–Crippen LogP) is 3.05. The third-order valence-corrected chi connectivity index (χ3v) is 4.34. The molecule has 1 heterocycles. The summed E-state index contributed by atoms with van der Waals surface area (Å²) in [6, 6.07) is 4.70. The van der Waals surface area contributed by atoms with Crippen LogP contribution in [0.15, 0.2) is 24.5 Å². The van der Waals surface area contributed by atoms with Crippen molar-refractivity contribution in [2.75, 3.05) is 13.2 Å². The number of aromatic nitrogens is 1. The number of hydrogen-bond acceptors (Lipinski definition) is 3. The van der Waals surface area contributed by atoms with E-state index in [2.05, 4.69) is 44.1 Å². The van der Waals surface area contributed by atoms with E-state index in [1.165, 1.54) is 5.56 Å². The maximum Gasteiger partial charge on any atom is 0.0656 e.